The first-order chi connectivity index (χ1) is 12.2. The Morgan fingerprint density at radius 2 is 1.92 bits per heavy atom. The Labute approximate surface area is 147 Å². The number of aliphatic hydroxyl groups is 1. The third-order valence-corrected chi connectivity index (χ3v) is 6.76. The molecule has 0 aromatic heterocycles. The van der Waals surface area contributed by atoms with Crippen LogP contribution in [0.4, 0.5) is 0 Å². The van der Waals surface area contributed by atoms with Gasteiger partial charge in [-0.3, -0.25) is 4.90 Å². The second-order valence-electron chi connectivity index (χ2n) is 7.66. The Morgan fingerprint density at radius 3 is 2.64 bits per heavy atom. The molecule has 6 heteroatoms. The van der Waals surface area contributed by atoms with Crippen LogP contribution in [0.15, 0.2) is 12.1 Å². The van der Waals surface area contributed by atoms with E-state index in [1.165, 1.54) is 0 Å². The van der Waals surface area contributed by atoms with Crippen LogP contribution < -0.4 is 9.47 Å². The molecule has 5 rings (SSSR count). The molecule has 25 heavy (non-hydrogen) atoms. The highest BCUT2D eigenvalue weighted by Crippen LogP contribution is 2.57. The molecule has 1 aromatic carbocycles. The quantitative estimate of drug-likeness (QED) is 0.881. The van der Waals surface area contributed by atoms with Crippen molar-refractivity contribution in [3.8, 4) is 11.5 Å². The fraction of sp³-hybridized carbons (Fsp3) is 0.684. The minimum atomic E-state index is -0.527. The fourth-order valence-corrected chi connectivity index (χ4v) is 5.66. The summed E-state index contributed by atoms with van der Waals surface area (Å²) >= 11 is 0. The van der Waals surface area contributed by atoms with Crippen LogP contribution in [0.5, 0.6) is 11.5 Å². The number of hydrogen-bond donors (Lipinski definition) is 1. The molecule has 1 N–H and O–H groups in total. The third-order valence-electron chi connectivity index (χ3n) is 6.76. The summed E-state index contributed by atoms with van der Waals surface area (Å²) in [4.78, 5) is 2.53. The highest BCUT2D eigenvalue weighted by molar-refractivity contribution is 5.53. The molecule has 1 spiro atoms. The van der Waals surface area contributed by atoms with Crippen LogP contribution in [0.1, 0.15) is 42.4 Å². The Hall–Kier alpha value is -1.34. The van der Waals surface area contributed by atoms with Crippen LogP contribution in [0.2, 0.25) is 0 Å². The van der Waals surface area contributed by atoms with E-state index in [4.69, 9.17) is 18.9 Å². The topological polar surface area (TPSA) is 60.4 Å². The monoisotopic (exact) mass is 347 g/mol. The molecule has 136 valence electrons. The van der Waals surface area contributed by atoms with E-state index < -0.39 is 6.10 Å². The summed E-state index contributed by atoms with van der Waals surface area (Å²) in [5, 5.41) is 11.1. The van der Waals surface area contributed by atoms with Crippen molar-refractivity contribution in [3.63, 3.8) is 0 Å². The summed E-state index contributed by atoms with van der Waals surface area (Å²) in [6, 6.07) is 4.12. The molecule has 3 heterocycles. The Morgan fingerprint density at radius 1 is 1.16 bits per heavy atom. The van der Waals surface area contributed by atoms with Gasteiger partial charge in [0.1, 0.15) is 0 Å². The van der Waals surface area contributed by atoms with Crippen molar-refractivity contribution in [1.29, 1.82) is 0 Å². The van der Waals surface area contributed by atoms with Crippen molar-refractivity contribution in [2.24, 2.45) is 0 Å². The molecule has 6 nitrogen and oxygen atoms in total. The maximum Gasteiger partial charge on any atom is 0.231 e. The summed E-state index contributed by atoms with van der Waals surface area (Å²) in [6.07, 6.45) is 2.40. The van der Waals surface area contributed by atoms with Crippen LogP contribution >= 0.6 is 0 Å². The first-order valence-corrected chi connectivity index (χ1v) is 9.10. The highest BCUT2D eigenvalue weighted by atomic mass is 16.7. The second-order valence-corrected chi connectivity index (χ2v) is 7.66. The van der Waals surface area contributed by atoms with Crippen LogP contribution in [0.25, 0.3) is 0 Å². The molecule has 1 saturated heterocycles. The van der Waals surface area contributed by atoms with Crippen molar-refractivity contribution < 1.29 is 24.1 Å². The molecule has 1 saturated carbocycles. The number of nitrogens with zero attached hydrogens (tertiary/aromatic N) is 1. The number of benzene rings is 1. The Bertz CT molecular complexity index is 695. The van der Waals surface area contributed by atoms with Crippen LogP contribution in [0.3, 0.4) is 0 Å². The van der Waals surface area contributed by atoms with E-state index in [9.17, 15) is 5.11 Å². The lowest BCUT2D eigenvalue weighted by atomic mass is 9.78. The lowest BCUT2D eigenvalue weighted by Crippen LogP contribution is -2.47. The van der Waals surface area contributed by atoms with Gasteiger partial charge in [0.25, 0.3) is 0 Å². The minimum absolute atomic E-state index is 0.00426. The number of ether oxygens (including phenoxy) is 4. The van der Waals surface area contributed by atoms with E-state index >= 15 is 0 Å². The minimum Gasteiger partial charge on any atom is -0.454 e. The first-order valence-electron chi connectivity index (χ1n) is 9.10. The van der Waals surface area contributed by atoms with Gasteiger partial charge in [0.05, 0.1) is 18.3 Å². The summed E-state index contributed by atoms with van der Waals surface area (Å²) in [7, 11) is 3.46. The van der Waals surface area contributed by atoms with Crippen molar-refractivity contribution in [2.45, 2.75) is 49.0 Å². The molecule has 1 aromatic rings. The zero-order chi connectivity index (χ0) is 17.2. The second kappa shape index (κ2) is 5.58. The molecule has 5 atom stereocenters. The van der Waals surface area contributed by atoms with Gasteiger partial charge in [0, 0.05) is 32.2 Å². The molecule has 3 unspecified atom stereocenters. The fourth-order valence-electron chi connectivity index (χ4n) is 5.66. The molecular formula is C19H25NO5. The van der Waals surface area contributed by atoms with Crippen molar-refractivity contribution >= 4 is 0 Å². The zero-order valence-electron chi connectivity index (χ0n) is 14.7. The van der Waals surface area contributed by atoms with E-state index in [1.54, 1.807) is 14.2 Å². The molecule has 0 bridgehead atoms. The van der Waals surface area contributed by atoms with Gasteiger partial charge in [-0.1, -0.05) is 0 Å². The van der Waals surface area contributed by atoms with Crippen LogP contribution in [0, 0.1) is 0 Å². The molecule has 0 amide bonds. The van der Waals surface area contributed by atoms with E-state index in [0.29, 0.717) is 0 Å². The number of aliphatic hydroxyl groups excluding tert-OH is 1. The van der Waals surface area contributed by atoms with Gasteiger partial charge < -0.3 is 24.1 Å². The van der Waals surface area contributed by atoms with Gasteiger partial charge in [-0.05, 0) is 49.1 Å². The summed E-state index contributed by atoms with van der Waals surface area (Å²) in [6.45, 7) is 2.13. The Kier molecular flexibility index (Phi) is 3.54. The first kappa shape index (κ1) is 15.9. The standard InChI is InChI=1S/C19H25NO5/c1-22-15-8-19-4-3-5-20(19)9-16(23-2)11-6-13-14(25-10-24-13)7-12(11)17(19)18(15)21/h6-7,15-18,21H,3-5,8-10H2,1-2H3/t15?,16-,17+,18?,19?/m0/s1. The van der Waals surface area contributed by atoms with Crippen molar-refractivity contribution in [1.82, 2.24) is 4.90 Å². The largest absolute Gasteiger partial charge is 0.454 e. The van der Waals surface area contributed by atoms with E-state index in [0.717, 1.165) is 55.0 Å². The third kappa shape index (κ3) is 2.05. The molecule has 4 aliphatic rings. The number of fused-ring (bicyclic) bond motifs is 3. The summed E-state index contributed by atoms with van der Waals surface area (Å²) in [5.74, 6) is 1.54. The van der Waals surface area contributed by atoms with Gasteiger partial charge in [-0.2, -0.15) is 0 Å². The summed E-state index contributed by atoms with van der Waals surface area (Å²) < 4.78 is 22.7. The number of methoxy groups -OCH3 is 2. The highest BCUT2D eigenvalue weighted by Gasteiger charge is 2.60. The van der Waals surface area contributed by atoms with Crippen LogP contribution in [-0.4, -0.2) is 61.9 Å². The average Bonchev–Trinajstić information content (AvgIpc) is 3.28. The van der Waals surface area contributed by atoms with Gasteiger partial charge in [0.15, 0.2) is 11.5 Å². The SMILES string of the molecule is COC1CC23CCCN2C[C@H](OC)c2cc4c(cc2[C@@H]3C1O)OCO4. The van der Waals surface area contributed by atoms with E-state index in [2.05, 4.69) is 17.0 Å². The smallest absolute Gasteiger partial charge is 0.231 e. The van der Waals surface area contributed by atoms with Gasteiger partial charge in [0.2, 0.25) is 6.79 Å². The number of rotatable bonds is 2. The normalized spacial score (nSPS) is 39.0. The lowest BCUT2D eigenvalue weighted by Gasteiger charge is -2.39. The molecule has 2 fully saturated rings. The molecule has 1 aliphatic carbocycles. The summed E-state index contributed by atoms with van der Waals surface area (Å²) in [5.41, 5.74) is 2.18. The molecule has 0 radical (unpaired) electrons. The zero-order valence-corrected chi connectivity index (χ0v) is 14.7. The Balaban J connectivity index is 1.72. The predicted molar refractivity (Wildman–Crippen MR) is 90.0 cm³/mol. The van der Waals surface area contributed by atoms with Gasteiger partial charge in [-0.25, -0.2) is 0 Å². The predicted octanol–water partition coefficient (Wildman–Crippen LogP) is 1.81. The van der Waals surface area contributed by atoms with Crippen molar-refractivity contribution in [3.05, 3.63) is 23.3 Å². The maximum atomic E-state index is 11.1. The molecule has 3 aliphatic heterocycles. The van der Waals surface area contributed by atoms with Crippen molar-refractivity contribution in [2.75, 3.05) is 34.1 Å². The van der Waals surface area contributed by atoms with Crippen LogP contribution in [-0.2, 0) is 9.47 Å². The van der Waals surface area contributed by atoms with E-state index in [-0.39, 0.29) is 30.5 Å². The molecular weight excluding hydrogens is 322 g/mol. The maximum absolute atomic E-state index is 11.1. The number of hydrogen-bond acceptors (Lipinski definition) is 6. The lowest BCUT2D eigenvalue weighted by molar-refractivity contribution is 0.00280. The van der Waals surface area contributed by atoms with E-state index in [1.807, 2.05) is 0 Å². The van der Waals surface area contributed by atoms with Gasteiger partial charge >= 0.3 is 0 Å². The van der Waals surface area contributed by atoms with Gasteiger partial charge in [-0.15, -0.1) is 0 Å². The average molecular weight is 347 g/mol.